The maximum atomic E-state index is 12.7. The Balaban J connectivity index is 1.30. The van der Waals surface area contributed by atoms with Crippen molar-refractivity contribution in [2.45, 2.75) is 56.8 Å². The average Bonchev–Trinajstić information content (AvgIpc) is 3.28. The lowest BCUT2D eigenvalue weighted by Gasteiger charge is -2.42. The summed E-state index contributed by atoms with van der Waals surface area (Å²) in [5.74, 6) is 0.0474. The van der Waals surface area contributed by atoms with Gasteiger partial charge in [-0.25, -0.2) is 9.97 Å². The van der Waals surface area contributed by atoms with E-state index in [0.29, 0.717) is 5.56 Å². The minimum Gasteiger partial charge on any atom is -0.415 e. The van der Waals surface area contributed by atoms with Crippen LogP contribution in [0, 0.1) is 0 Å². The Bertz CT molecular complexity index is 1010. The zero-order valence-corrected chi connectivity index (χ0v) is 17.3. The number of benzene rings is 1. The number of rotatable bonds is 6. The van der Waals surface area contributed by atoms with Crippen LogP contribution in [0.5, 0.6) is 0 Å². The van der Waals surface area contributed by atoms with Crippen LogP contribution in [0.25, 0.3) is 11.5 Å². The number of hydrogen-bond acceptors (Lipinski definition) is 6. The van der Waals surface area contributed by atoms with E-state index in [9.17, 15) is 8.78 Å². The lowest BCUT2D eigenvalue weighted by atomic mass is 9.62. The summed E-state index contributed by atoms with van der Waals surface area (Å²) in [6.07, 6.45) is 8.39. The van der Waals surface area contributed by atoms with Crippen LogP contribution >= 0.6 is 0 Å². The summed E-state index contributed by atoms with van der Waals surface area (Å²) in [5, 5.41) is 7.00. The first-order valence-electron chi connectivity index (χ1n) is 10.9. The number of anilines is 1. The summed E-state index contributed by atoms with van der Waals surface area (Å²) in [6, 6.07) is 9.03. The molecule has 1 aliphatic heterocycles. The predicted molar refractivity (Wildman–Crippen MR) is 112 cm³/mol. The van der Waals surface area contributed by atoms with Crippen LogP contribution in [0.1, 0.15) is 62.2 Å². The Hall–Kier alpha value is -2.90. The van der Waals surface area contributed by atoms with Crippen molar-refractivity contribution in [1.29, 1.82) is 0 Å². The van der Waals surface area contributed by atoms with Gasteiger partial charge in [-0.15, -0.1) is 10.2 Å². The lowest BCUT2D eigenvalue weighted by molar-refractivity contribution is 0.116. The quantitative estimate of drug-likeness (QED) is 0.546. The van der Waals surface area contributed by atoms with Gasteiger partial charge < -0.3 is 9.32 Å². The number of halogens is 2. The fourth-order valence-electron chi connectivity index (χ4n) is 4.65. The molecule has 0 N–H and O–H groups in total. The molecule has 5 rings (SSSR count). The first-order valence-corrected chi connectivity index (χ1v) is 10.9. The smallest absolute Gasteiger partial charge is 0.314 e. The first kappa shape index (κ1) is 20.0. The topological polar surface area (TPSA) is 67.9 Å². The van der Waals surface area contributed by atoms with Gasteiger partial charge in [-0.1, -0.05) is 18.6 Å². The van der Waals surface area contributed by atoms with E-state index in [1.807, 2.05) is 0 Å². The molecule has 2 fully saturated rings. The van der Waals surface area contributed by atoms with Crippen LogP contribution in [0.4, 0.5) is 14.5 Å². The summed E-state index contributed by atoms with van der Waals surface area (Å²) < 4.78 is 30.3. The normalized spacial score (nSPS) is 18.2. The molecule has 1 aromatic carbocycles. The largest absolute Gasteiger partial charge is 0.415 e. The van der Waals surface area contributed by atoms with Gasteiger partial charge >= 0.3 is 6.43 Å². The molecule has 1 saturated heterocycles. The lowest BCUT2D eigenvalue weighted by Crippen LogP contribution is -2.37. The zero-order chi connectivity index (χ0) is 21.3. The second kappa shape index (κ2) is 8.32. The van der Waals surface area contributed by atoms with Crippen molar-refractivity contribution in [3.63, 3.8) is 0 Å². The molecule has 3 aromatic rings. The summed E-state index contributed by atoms with van der Waals surface area (Å²) in [4.78, 5) is 11.4. The van der Waals surface area contributed by atoms with Crippen molar-refractivity contribution < 1.29 is 13.2 Å². The van der Waals surface area contributed by atoms with Gasteiger partial charge in [-0.05, 0) is 49.8 Å². The monoisotopic (exact) mass is 425 g/mol. The van der Waals surface area contributed by atoms with Crippen molar-refractivity contribution in [2.75, 3.05) is 18.0 Å². The van der Waals surface area contributed by atoms with Crippen LogP contribution in [0.2, 0.25) is 0 Å². The summed E-state index contributed by atoms with van der Waals surface area (Å²) in [6.45, 7) is 2.28. The standard InChI is InChI=1S/C23H25F2N5O/c24-20(25)22-29-28-21(31-22)16-14-26-19(27-15-16)13-23(9-4-10-23)17-5-7-18(8-6-17)30-11-2-1-3-12-30/h5-8,14-15,20H,1-4,9-13H2. The Morgan fingerprint density at radius 3 is 2.23 bits per heavy atom. The molecule has 0 radical (unpaired) electrons. The number of hydrogen-bond donors (Lipinski definition) is 0. The zero-order valence-electron chi connectivity index (χ0n) is 17.3. The number of aromatic nitrogens is 4. The molecule has 1 saturated carbocycles. The van der Waals surface area contributed by atoms with Crippen molar-refractivity contribution in [3.05, 3.63) is 53.9 Å². The molecule has 31 heavy (non-hydrogen) atoms. The minimum atomic E-state index is -2.79. The number of piperidine rings is 1. The number of alkyl halides is 2. The molecular formula is C23H25F2N5O. The fourth-order valence-corrected chi connectivity index (χ4v) is 4.65. The van der Waals surface area contributed by atoms with Crippen LogP contribution in [-0.2, 0) is 11.8 Å². The van der Waals surface area contributed by atoms with E-state index in [4.69, 9.17) is 4.42 Å². The van der Waals surface area contributed by atoms with E-state index in [1.54, 1.807) is 12.4 Å². The van der Waals surface area contributed by atoms with E-state index >= 15 is 0 Å². The van der Waals surface area contributed by atoms with Gasteiger partial charge in [0.1, 0.15) is 5.82 Å². The second-order valence-electron chi connectivity index (χ2n) is 8.54. The van der Waals surface area contributed by atoms with Crippen LogP contribution in [0.3, 0.4) is 0 Å². The number of nitrogens with zero attached hydrogens (tertiary/aromatic N) is 5. The highest BCUT2D eigenvalue weighted by molar-refractivity contribution is 5.50. The fraction of sp³-hybridized carbons (Fsp3) is 0.478. The molecule has 3 heterocycles. The van der Waals surface area contributed by atoms with Crippen LogP contribution < -0.4 is 4.90 Å². The Morgan fingerprint density at radius 1 is 0.935 bits per heavy atom. The highest BCUT2D eigenvalue weighted by atomic mass is 19.3. The molecule has 2 aromatic heterocycles. The average molecular weight is 425 g/mol. The Kier molecular flexibility index (Phi) is 5.38. The van der Waals surface area contributed by atoms with Gasteiger partial charge in [0.2, 0.25) is 0 Å². The predicted octanol–water partition coefficient (Wildman–Crippen LogP) is 5.12. The minimum absolute atomic E-state index is 0.00788. The van der Waals surface area contributed by atoms with Gasteiger partial charge in [-0.3, -0.25) is 0 Å². The van der Waals surface area contributed by atoms with E-state index in [-0.39, 0.29) is 11.3 Å². The molecule has 6 nitrogen and oxygen atoms in total. The third-order valence-corrected chi connectivity index (χ3v) is 6.59. The van der Waals surface area contributed by atoms with E-state index in [2.05, 4.69) is 49.3 Å². The molecule has 0 bridgehead atoms. The third-order valence-electron chi connectivity index (χ3n) is 6.59. The van der Waals surface area contributed by atoms with Gasteiger partial charge in [0.15, 0.2) is 0 Å². The van der Waals surface area contributed by atoms with E-state index in [0.717, 1.165) is 38.2 Å². The molecule has 8 heteroatoms. The highest BCUT2D eigenvalue weighted by Crippen LogP contribution is 2.46. The Morgan fingerprint density at radius 2 is 1.65 bits per heavy atom. The molecule has 1 aliphatic carbocycles. The maximum Gasteiger partial charge on any atom is 0.314 e. The second-order valence-corrected chi connectivity index (χ2v) is 8.54. The van der Waals surface area contributed by atoms with Crippen molar-refractivity contribution in [1.82, 2.24) is 20.2 Å². The van der Waals surface area contributed by atoms with Gasteiger partial charge in [0, 0.05) is 43.0 Å². The van der Waals surface area contributed by atoms with Crippen molar-refractivity contribution in [3.8, 4) is 11.5 Å². The SMILES string of the molecule is FC(F)c1nnc(-c2cnc(CC3(c4ccc(N5CCCCC5)cc4)CCC3)nc2)o1. The van der Waals surface area contributed by atoms with Crippen LogP contribution in [-0.4, -0.2) is 33.3 Å². The first-order chi connectivity index (χ1) is 15.1. The molecule has 2 aliphatic rings. The van der Waals surface area contributed by atoms with E-state index < -0.39 is 12.3 Å². The van der Waals surface area contributed by atoms with Gasteiger partial charge in [0.25, 0.3) is 11.8 Å². The van der Waals surface area contributed by atoms with Crippen molar-refractivity contribution in [2.24, 2.45) is 0 Å². The molecule has 162 valence electrons. The molecule has 0 spiro atoms. The van der Waals surface area contributed by atoms with Gasteiger partial charge in [-0.2, -0.15) is 8.78 Å². The van der Waals surface area contributed by atoms with E-state index in [1.165, 1.54) is 36.9 Å². The van der Waals surface area contributed by atoms with Crippen molar-refractivity contribution >= 4 is 5.69 Å². The molecule has 0 unspecified atom stereocenters. The van der Waals surface area contributed by atoms with Gasteiger partial charge in [0.05, 0.1) is 5.56 Å². The van der Waals surface area contributed by atoms with Crippen LogP contribution in [0.15, 0.2) is 41.1 Å². The third kappa shape index (κ3) is 4.03. The Labute approximate surface area is 179 Å². The summed E-state index contributed by atoms with van der Waals surface area (Å²) in [7, 11) is 0. The summed E-state index contributed by atoms with van der Waals surface area (Å²) in [5.41, 5.74) is 3.15. The molecular weight excluding hydrogens is 400 g/mol. The highest BCUT2D eigenvalue weighted by Gasteiger charge is 2.39. The maximum absolute atomic E-state index is 12.7. The summed E-state index contributed by atoms with van der Waals surface area (Å²) >= 11 is 0. The molecule has 0 atom stereocenters. The molecule has 0 amide bonds.